The highest BCUT2D eigenvalue weighted by Gasteiger charge is 2.34. The van der Waals surface area contributed by atoms with E-state index >= 15 is 0 Å². The molecule has 0 aliphatic rings. The number of halogens is 3. The van der Waals surface area contributed by atoms with Gasteiger partial charge in [0.25, 0.3) is 0 Å². The van der Waals surface area contributed by atoms with E-state index in [0.717, 1.165) is 28.4 Å². The van der Waals surface area contributed by atoms with E-state index in [1.807, 2.05) is 4.57 Å². The number of aromatic nitrogens is 2. The highest BCUT2D eigenvalue weighted by Crippen LogP contribution is 2.37. The van der Waals surface area contributed by atoms with Crippen LogP contribution in [0.5, 0.6) is 5.75 Å². The number of nitrogens with zero attached hydrogens (tertiary/aromatic N) is 2. The summed E-state index contributed by atoms with van der Waals surface area (Å²) in [5.41, 5.74) is 1.41. The van der Waals surface area contributed by atoms with Gasteiger partial charge in [-0.1, -0.05) is 18.2 Å². The summed E-state index contributed by atoms with van der Waals surface area (Å²) in [7, 11) is 0. The van der Waals surface area contributed by atoms with Gasteiger partial charge >= 0.3 is 6.18 Å². The maximum atomic E-state index is 13.3. The molecular weight excluding hydrogens is 401 g/mol. The Labute approximate surface area is 168 Å². The van der Waals surface area contributed by atoms with Gasteiger partial charge < -0.3 is 4.74 Å². The molecule has 8 heteroatoms. The number of aldehydes is 1. The van der Waals surface area contributed by atoms with Gasteiger partial charge in [-0.3, -0.25) is 9.36 Å². The third kappa shape index (κ3) is 3.75. The van der Waals surface area contributed by atoms with Crippen molar-refractivity contribution in [2.24, 2.45) is 0 Å². The second-order valence-corrected chi connectivity index (χ2v) is 7.34. The molecule has 0 aliphatic carbocycles. The number of rotatable bonds is 5. The minimum atomic E-state index is -4.44. The van der Waals surface area contributed by atoms with Crippen LogP contribution in [0, 0.1) is 0 Å². The van der Waals surface area contributed by atoms with Crippen molar-refractivity contribution in [1.29, 1.82) is 0 Å². The highest BCUT2D eigenvalue weighted by atomic mass is 32.1. The molecule has 0 fully saturated rings. The van der Waals surface area contributed by atoms with Crippen LogP contribution in [0.4, 0.5) is 13.2 Å². The molecule has 2 heterocycles. The molecule has 0 saturated heterocycles. The first kappa shape index (κ1) is 19.2. The second-order valence-electron chi connectivity index (χ2n) is 6.45. The maximum Gasteiger partial charge on any atom is 0.416 e. The van der Waals surface area contributed by atoms with E-state index < -0.39 is 17.8 Å². The zero-order chi connectivity index (χ0) is 20.6. The molecule has 0 aliphatic heterocycles. The van der Waals surface area contributed by atoms with Crippen LogP contribution in [0.2, 0.25) is 0 Å². The summed E-state index contributed by atoms with van der Waals surface area (Å²) >= 11 is 1.37. The summed E-state index contributed by atoms with van der Waals surface area (Å²) in [5.74, 6) is 0.461. The number of ether oxygens (including phenoxy) is 1. The van der Waals surface area contributed by atoms with Gasteiger partial charge in [0.15, 0.2) is 0 Å². The van der Waals surface area contributed by atoms with Crippen LogP contribution in [0.3, 0.4) is 0 Å². The first-order chi connectivity index (χ1) is 13.9. The lowest BCUT2D eigenvalue weighted by Crippen LogP contribution is -2.13. The van der Waals surface area contributed by atoms with Gasteiger partial charge in [0.2, 0.25) is 0 Å². The fourth-order valence-corrected chi connectivity index (χ4v) is 3.95. The van der Waals surface area contributed by atoms with Crippen molar-refractivity contribution < 1.29 is 22.7 Å². The minimum absolute atomic E-state index is 0.0801. The van der Waals surface area contributed by atoms with Crippen LogP contribution < -0.4 is 4.74 Å². The molecule has 0 spiro atoms. The normalized spacial score (nSPS) is 12.8. The number of carbonyl (C=O) groups is 1. The molecule has 29 heavy (non-hydrogen) atoms. The highest BCUT2D eigenvalue weighted by molar-refractivity contribution is 7.12. The Balaban J connectivity index is 1.62. The van der Waals surface area contributed by atoms with Crippen LogP contribution in [-0.4, -0.2) is 15.8 Å². The van der Waals surface area contributed by atoms with Crippen LogP contribution in [0.25, 0.3) is 16.0 Å². The third-order valence-corrected chi connectivity index (χ3v) is 5.43. The van der Waals surface area contributed by atoms with Crippen molar-refractivity contribution in [3.8, 4) is 10.8 Å². The van der Waals surface area contributed by atoms with Gasteiger partial charge in [-0.15, -0.1) is 11.3 Å². The Morgan fingerprint density at radius 1 is 1.17 bits per heavy atom. The quantitative estimate of drug-likeness (QED) is 0.372. The van der Waals surface area contributed by atoms with Crippen molar-refractivity contribution in [2.75, 3.05) is 0 Å². The van der Waals surface area contributed by atoms with Gasteiger partial charge in [-0.2, -0.15) is 13.2 Å². The number of benzene rings is 2. The smallest absolute Gasteiger partial charge is 0.416 e. The number of alkyl halides is 3. The van der Waals surface area contributed by atoms with E-state index in [-0.39, 0.29) is 5.56 Å². The van der Waals surface area contributed by atoms with Gasteiger partial charge in [-0.25, -0.2) is 4.98 Å². The van der Waals surface area contributed by atoms with Crippen LogP contribution in [-0.2, 0) is 6.18 Å². The van der Waals surface area contributed by atoms with E-state index in [1.165, 1.54) is 23.5 Å². The molecule has 0 saturated carbocycles. The molecular formula is C21H15F3N2O2S. The summed E-state index contributed by atoms with van der Waals surface area (Å²) in [4.78, 5) is 15.4. The van der Waals surface area contributed by atoms with Crippen LogP contribution >= 0.6 is 11.3 Å². The lowest BCUT2D eigenvalue weighted by atomic mass is 10.0. The Morgan fingerprint density at radius 2 is 1.97 bits per heavy atom. The standard InChI is InChI=1S/C21H15F3N2O2S/c1-13(16-4-2-3-5-17(16)21(22,23)24)28-15-9-20(29-11-15)26-12-25-18-7-6-14(10-27)8-19(18)26/h2-13H,1H3/t13-/m1/s1. The lowest BCUT2D eigenvalue weighted by Gasteiger charge is -2.19. The number of thiophene rings is 1. The van der Waals surface area contributed by atoms with Gasteiger partial charge in [0.05, 0.1) is 16.6 Å². The van der Waals surface area contributed by atoms with Crippen molar-refractivity contribution in [3.05, 3.63) is 76.9 Å². The monoisotopic (exact) mass is 416 g/mol. The summed E-state index contributed by atoms with van der Waals surface area (Å²) in [6.45, 7) is 1.59. The predicted octanol–water partition coefficient (Wildman–Crippen LogP) is 6.06. The third-order valence-electron chi connectivity index (χ3n) is 4.52. The maximum absolute atomic E-state index is 13.3. The van der Waals surface area contributed by atoms with Gasteiger partial charge in [0.1, 0.15) is 29.5 Å². The van der Waals surface area contributed by atoms with Crippen molar-refractivity contribution in [2.45, 2.75) is 19.2 Å². The van der Waals surface area contributed by atoms with Crippen molar-refractivity contribution in [3.63, 3.8) is 0 Å². The molecule has 4 rings (SSSR count). The summed E-state index contributed by atoms with van der Waals surface area (Å²) in [5, 5.41) is 2.51. The fraction of sp³-hybridized carbons (Fsp3) is 0.143. The molecule has 2 aromatic carbocycles. The first-order valence-electron chi connectivity index (χ1n) is 8.71. The first-order valence-corrected chi connectivity index (χ1v) is 9.59. The molecule has 2 aromatic heterocycles. The topological polar surface area (TPSA) is 44.1 Å². The van der Waals surface area contributed by atoms with Crippen molar-refractivity contribution in [1.82, 2.24) is 9.55 Å². The summed E-state index contributed by atoms with van der Waals surface area (Å²) in [6.07, 6.45) is -2.83. The van der Waals surface area contributed by atoms with Gasteiger partial charge in [-0.05, 0) is 31.2 Å². The number of fused-ring (bicyclic) bond motifs is 1. The number of hydrogen-bond donors (Lipinski definition) is 0. The molecule has 1 atom stereocenters. The zero-order valence-corrected chi connectivity index (χ0v) is 16.0. The minimum Gasteiger partial charge on any atom is -0.485 e. The zero-order valence-electron chi connectivity index (χ0n) is 15.2. The lowest BCUT2D eigenvalue weighted by molar-refractivity contribution is -0.138. The number of hydrogen-bond acceptors (Lipinski definition) is 4. The van der Waals surface area contributed by atoms with Gasteiger partial charge in [0, 0.05) is 22.6 Å². The largest absolute Gasteiger partial charge is 0.485 e. The van der Waals surface area contributed by atoms with Crippen LogP contribution in [0.15, 0.2) is 60.2 Å². The molecule has 148 valence electrons. The Morgan fingerprint density at radius 3 is 2.72 bits per heavy atom. The summed E-state index contributed by atoms with van der Waals surface area (Å²) < 4.78 is 47.4. The van der Waals surface area contributed by atoms with E-state index in [1.54, 1.807) is 49.0 Å². The number of imidazole rings is 1. The Hall–Kier alpha value is -3.13. The molecule has 4 aromatic rings. The fourth-order valence-electron chi connectivity index (χ4n) is 3.15. The Kier molecular flexibility index (Phi) is 4.87. The second kappa shape index (κ2) is 7.36. The average Bonchev–Trinajstić information content (AvgIpc) is 3.33. The van der Waals surface area contributed by atoms with E-state index in [9.17, 15) is 18.0 Å². The predicted molar refractivity (Wildman–Crippen MR) is 105 cm³/mol. The molecule has 4 nitrogen and oxygen atoms in total. The van der Waals surface area contributed by atoms with E-state index in [2.05, 4.69) is 4.98 Å². The number of carbonyl (C=O) groups excluding carboxylic acids is 1. The Bertz CT molecular complexity index is 1180. The van der Waals surface area contributed by atoms with Crippen molar-refractivity contribution >= 4 is 28.7 Å². The molecule has 0 radical (unpaired) electrons. The van der Waals surface area contributed by atoms with Crippen LogP contribution in [0.1, 0.15) is 34.5 Å². The van der Waals surface area contributed by atoms with E-state index in [0.29, 0.717) is 11.3 Å². The average molecular weight is 416 g/mol. The molecule has 0 amide bonds. The molecule has 0 unspecified atom stereocenters. The molecule has 0 bridgehead atoms. The molecule has 0 N–H and O–H groups in total. The summed E-state index contributed by atoms with van der Waals surface area (Å²) in [6, 6.07) is 12.3. The van der Waals surface area contributed by atoms with E-state index in [4.69, 9.17) is 4.74 Å². The SMILES string of the molecule is C[C@@H](Oc1csc(-n2cnc3ccc(C=O)cc32)c1)c1ccccc1C(F)(F)F.